The maximum atomic E-state index is 11.7. The molecule has 0 spiro atoms. The summed E-state index contributed by atoms with van der Waals surface area (Å²) in [5, 5.41) is 0.876. The van der Waals surface area contributed by atoms with Crippen molar-refractivity contribution in [2.24, 2.45) is 0 Å². The Labute approximate surface area is 199 Å². The predicted octanol–water partition coefficient (Wildman–Crippen LogP) is 2.12. The molecule has 5 rings (SSSR count). The standard InChI is InChI=1S/C23H28N6O4S/c1-16-15-33-13-10-29(16)23-25-21-19(22(26-23)28-8-11-32-12-9-28)6-7-20(24-21)17-4-3-5-18(14-17)27-34(2,30)31/h3-7,14,16,27H,8-13,15H2,1-2H3. The maximum absolute atomic E-state index is 11.7. The van der Waals surface area contributed by atoms with Crippen molar-refractivity contribution in [2.45, 2.75) is 13.0 Å². The molecule has 2 saturated heterocycles. The van der Waals surface area contributed by atoms with E-state index >= 15 is 0 Å². The van der Waals surface area contributed by atoms with Crippen LogP contribution < -0.4 is 14.5 Å². The van der Waals surface area contributed by atoms with E-state index in [-0.39, 0.29) is 6.04 Å². The second-order valence-electron chi connectivity index (χ2n) is 8.59. The minimum atomic E-state index is -3.37. The SMILES string of the molecule is CC1COCCN1c1nc(N2CCOCC2)c2ccc(-c3cccc(NS(C)(=O)=O)c3)nc2n1. The number of anilines is 3. The number of rotatable bonds is 5. The summed E-state index contributed by atoms with van der Waals surface area (Å²) in [6.45, 7) is 6.89. The third-order valence-corrected chi connectivity index (χ3v) is 6.53. The fourth-order valence-electron chi connectivity index (χ4n) is 4.27. The number of hydrogen-bond acceptors (Lipinski definition) is 9. The number of pyridine rings is 1. The molecular formula is C23H28N6O4S. The summed E-state index contributed by atoms with van der Waals surface area (Å²) in [5.41, 5.74) is 2.59. The molecule has 10 nitrogen and oxygen atoms in total. The van der Waals surface area contributed by atoms with E-state index in [9.17, 15) is 8.42 Å². The van der Waals surface area contributed by atoms with Crippen LogP contribution in [0.25, 0.3) is 22.3 Å². The Morgan fingerprint density at radius 2 is 1.79 bits per heavy atom. The van der Waals surface area contributed by atoms with Crippen molar-refractivity contribution >= 4 is 38.5 Å². The monoisotopic (exact) mass is 484 g/mol. The lowest BCUT2D eigenvalue weighted by Gasteiger charge is -2.34. The van der Waals surface area contributed by atoms with Crippen molar-refractivity contribution in [3.63, 3.8) is 0 Å². The summed E-state index contributed by atoms with van der Waals surface area (Å²) in [6.07, 6.45) is 1.13. The van der Waals surface area contributed by atoms with Crippen molar-refractivity contribution in [3.8, 4) is 11.3 Å². The number of benzene rings is 1. The quantitative estimate of drug-likeness (QED) is 0.582. The van der Waals surface area contributed by atoms with Crippen LogP contribution in [0.5, 0.6) is 0 Å². The molecule has 34 heavy (non-hydrogen) atoms. The van der Waals surface area contributed by atoms with Gasteiger partial charge in [-0.15, -0.1) is 0 Å². The van der Waals surface area contributed by atoms with Crippen molar-refractivity contribution in [1.82, 2.24) is 15.0 Å². The predicted molar refractivity (Wildman–Crippen MR) is 132 cm³/mol. The van der Waals surface area contributed by atoms with Gasteiger partial charge in [0.25, 0.3) is 0 Å². The van der Waals surface area contributed by atoms with E-state index in [1.54, 1.807) is 18.2 Å². The first-order valence-electron chi connectivity index (χ1n) is 11.3. The normalized spacial score (nSPS) is 19.4. The highest BCUT2D eigenvalue weighted by Gasteiger charge is 2.25. The molecule has 0 bridgehead atoms. The highest BCUT2D eigenvalue weighted by molar-refractivity contribution is 7.92. The first kappa shape index (κ1) is 22.8. The summed E-state index contributed by atoms with van der Waals surface area (Å²) in [5.74, 6) is 1.50. The van der Waals surface area contributed by atoms with Gasteiger partial charge < -0.3 is 19.3 Å². The second kappa shape index (κ2) is 9.32. The second-order valence-corrected chi connectivity index (χ2v) is 10.3. The smallest absolute Gasteiger partial charge is 0.229 e. The fourth-order valence-corrected chi connectivity index (χ4v) is 4.82. The number of morpholine rings is 2. The van der Waals surface area contributed by atoms with Gasteiger partial charge in [0, 0.05) is 30.9 Å². The molecular weight excluding hydrogens is 456 g/mol. The minimum Gasteiger partial charge on any atom is -0.378 e. The lowest BCUT2D eigenvalue weighted by Crippen LogP contribution is -2.45. The molecule has 11 heteroatoms. The summed E-state index contributed by atoms with van der Waals surface area (Å²) in [7, 11) is -3.37. The Morgan fingerprint density at radius 3 is 2.56 bits per heavy atom. The van der Waals surface area contributed by atoms with Crippen molar-refractivity contribution in [1.29, 1.82) is 0 Å². The molecule has 2 aliphatic heterocycles. The Balaban J connectivity index is 1.60. The average Bonchev–Trinajstić information content (AvgIpc) is 2.83. The zero-order chi connectivity index (χ0) is 23.7. The Kier molecular flexibility index (Phi) is 6.24. The van der Waals surface area contributed by atoms with E-state index in [1.165, 1.54) is 0 Å². The Morgan fingerprint density at radius 1 is 1.00 bits per heavy atom. The topological polar surface area (TPSA) is 110 Å². The summed E-state index contributed by atoms with van der Waals surface area (Å²) in [6, 6.07) is 11.3. The molecule has 0 saturated carbocycles. The lowest BCUT2D eigenvalue weighted by molar-refractivity contribution is 0.0981. The molecule has 2 aliphatic rings. The van der Waals surface area contributed by atoms with E-state index in [1.807, 2.05) is 18.2 Å². The zero-order valence-electron chi connectivity index (χ0n) is 19.3. The lowest BCUT2D eigenvalue weighted by atomic mass is 10.1. The largest absolute Gasteiger partial charge is 0.378 e. The fraction of sp³-hybridized carbons (Fsp3) is 0.435. The van der Waals surface area contributed by atoms with Crippen LogP contribution in [0.3, 0.4) is 0 Å². The van der Waals surface area contributed by atoms with E-state index in [0.717, 1.165) is 36.1 Å². The van der Waals surface area contributed by atoms with Crippen LogP contribution in [0.1, 0.15) is 6.92 Å². The van der Waals surface area contributed by atoms with Crippen LogP contribution in [-0.4, -0.2) is 81.7 Å². The summed E-state index contributed by atoms with van der Waals surface area (Å²) in [4.78, 5) is 19.1. The molecule has 1 N–H and O–H groups in total. The van der Waals surface area contributed by atoms with Gasteiger partial charge >= 0.3 is 0 Å². The van der Waals surface area contributed by atoms with Crippen LogP contribution in [0, 0.1) is 0 Å². The number of ether oxygens (including phenoxy) is 2. The molecule has 180 valence electrons. The first-order valence-corrected chi connectivity index (χ1v) is 13.2. The van der Waals surface area contributed by atoms with Gasteiger partial charge in [0.1, 0.15) is 5.82 Å². The van der Waals surface area contributed by atoms with Gasteiger partial charge in [-0.1, -0.05) is 12.1 Å². The number of fused-ring (bicyclic) bond motifs is 1. The molecule has 3 aromatic rings. The molecule has 4 heterocycles. The number of hydrogen-bond donors (Lipinski definition) is 1. The molecule has 0 amide bonds. The molecule has 0 radical (unpaired) electrons. The van der Waals surface area contributed by atoms with E-state index in [0.29, 0.717) is 55.9 Å². The number of nitrogens with zero attached hydrogens (tertiary/aromatic N) is 5. The highest BCUT2D eigenvalue weighted by atomic mass is 32.2. The molecule has 0 aliphatic carbocycles. The van der Waals surface area contributed by atoms with Crippen LogP contribution in [-0.2, 0) is 19.5 Å². The summed E-state index contributed by atoms with van der Waals surface area (Å²) < 4.78 is 37.0. The zero-order valence-corrected chi connectivity index (χ0v) is 20.1. The van der Waals surface area contributed by atoms with E-state index < -0.39 is 10.0 Å². The van der Waals surface area contributed by atoms with E-state index in [2.05, 4.69) is 21.4 Å². The van der Waals surface area contributed by atoms with Crippen molar-refractivity contribution in [3.05, 3.63) is 36.4 Å². The number of sulfonamides is 1. The number of aromatic nitrogens is 3. The third kappa shape index (κ3) is 4.91. The highest BCUT2D eigenvalue weighted by Crippen LogP contribution is 2.30. The van der Waals surface area contributed by atoms with Gasteiger partial charge in [-0.3, -0.25) is 4.72 Å². The third-order valence-electron chi connectivity index (χ3n) is 5.92. The number of nitrogens with one attached hydrogen (secondary N) is 1. The Hall–Kier alpha value is -3.02. The van der Waals surface area contributed by atoms with E-state index in [4.69, 9.17) is 24.4 Å². The van der Waals surface area contributed by atoms with Gasteiger partial charge in [-0.05, 0) is 31.2 Å². The molecule has 1 aromatic carbocycles. The molecule has 1 unspecified atom stereocenters. The van der Waals surface area contributed by atoms with Gasteiger partial charge in [0.15, 0.2) is 5.65 Å². The van der Waals surface area contributed by atoms with Gasteiger partial charge in [0.05, 0.1) is 49.8 Å². The summed E-state index contributed by atoms with van der Waals surface area (Å²) >= 11 is 0. The molecule has 2 fully saturated rings. The van der Waals surface area contributed by atoms with Crippen LogP contribution in [0.4, 0.5) is 17.5 Å². The van der Waals surface area contributed by atoms with Gasteiger partial charge in [-0.25, -0.2) is 13.4 Å². The van der Waals surface area contributed by atoms with Crippen molar-refractivity contribution in [2.75, 3.05) is 66.8 Å². The van der Waals surface area contributed by atoms with Crippen LogP contribution in [0.2, 0.25) is 0 Å². The van der Waals surface area contributed by atoms with Gasteiger partial charge in [-0.2, -0.15) is 9.97 Å². The molecule has 2 aromatic heterocycles. The average molecular weight is 485 g/mol. The van der Waals surface area contributed by atoms with Crippen molar-refractivity contribution < 1.29 is 17.9 Å². The maximum Gasteiger partial charge on any atom is 0.229 e. The van der Waals surface area contributed by atoms with Crippen LogP contribution in [0.15, 0.2) is 36.4 Å². The molecule has 1 atom stereocenters. The van der Waals surface area contributed by atoms with Gasteiger partial charge in [0.2, 0.25) is 16.0 Å². The van der Waals surface area contributed by atoms with Crippen LogP contribution >= 0.6 is 0 Å². The Bertz CT molecular complexity index is 1300. The first-order chi connectivity index (χ1) is 16.4. The minimum absolute atomic E-state index is 0.158.